The van der Waals surface area contributed by atoms with Gasteiger partial charge in [-0.15, -0.1) is 0 Å². The van der Waals surface area contributed by atoms with Crippen LogP contribution in [0.1, 0.15) is 67.3 Å². The van der Waals surface area contributed by atoms with Gasteiger partial charge in [0.25, 0.3) is 0 Å². The molecule has 1 aliphatic heterocycles. The largest absolute Gasteiger partial charge is 0.419 e. The van der Waals surface area contributed by atoms with Gasteiger partial charge in [0.15, 0.2) is 0 Å². The molecular weight excluding hydrogens is 389 g/mol. The summed E-state index contributed by atoms with van der Waals surface area (Å²) in [6.45, 7) is 8.40. The molecule has 2 aromatic rings. The van der Waals surface area contributed by atoms with E-state index in [0.717, 1.165) is 61.1 Å². The molecule has 2 heterocycles. The maximum absolute atomic E-state index is 13.3. The highest BCUT2D eigenvalue weighted by Gasteiger charge is 2.40. The van der Waals surface area contributed by atoms with Crippen molar-refractivity contribution >= 4 is 17.3 Å². The molecule has 4 rings (SSSR count). The van der Waals surface area contributed by atoms with Gasteiger partial charge in [-0.2, -0.15) is 13.2 Å². The summed E-state index contributed by atoms with van der Waals surface area (Å²) in [5.74, 6) is 0.0910. The average Bonchev–Trinajstić information content (AvgIpc) is 3.59. The number of hydrogen-bond donors (Lipinski definition) is 1. The Morgan fingerprint density at radius 2 is 1.93 bits per heavy atom. The summed E-state index contributed by atoms with van der Waals surface area (Å²) in [4.78, 5) is 10.5. The predicted molar refractivity (Wildman–Crippen MR) is 113 cm³/mol. The molecule has 2 fully saturated rings. The Kier molecular flexibility index (Phi) is 5.71. The van der Waals surface area contributed by atoms with Crippen LogP contribution in [0.3, 0.4) is 0 Å². The SMILES string of the molecule is C=C(c1ccc(Nc2ncc(C(F)(F)F)c(C3CC3)n2)c(CC)c1)N1CCCCC1. The first-order valence-corrected chi connectivity index (χ1v) is 10.6. The number of halogens is 3. The number of benzene rings is 1. The van der Waals surface area contributed by atoms with E-state index >= 15 is 0 Å². The lowest BCUT2D eigenvalue weighted by molar-refractivity contribution is -0.138. The molecule has 1 aliphatic carbocycles. The van der Waals surface area contributed by atoms with Gasteiger partial charge in [-0.1, -0.05) is 19.6 Å². The minimum absolute atomic E-state index is 0.105. The zero-order chi connectivity index (χ0) is 21.3. The highest BCUT2D eigenvalue weighted by atomic mass is 19.4. The van der Waals surface area contributed by atoms with Crippen molar-refractivity contribution < 1.29 is 13.2 Å². The summed E-state index contributed by atoms with van der Waals surface area (Å²) < 4.78 is 39.8. The van der Waals surface area contributed by atoms with Crippen molar-refractivity contribution in [3.8, 4) is 0 Å². The van der Waals surface area contributed by atoms with E-state index in [4.69, 9.17) is 0 Å². The van der Waals surface area contributed by atoms with Crippen LogP contribution in [0.2, 0.25) is 0 Å². The van der Waals surface area contributed by atoms with Crippen molar-refractivity contribution in [3.63, 3.8) is 0 Å². The average molecular weight is 416 g/mol. The number of piperidine rings is 1. The second-order valence-corrected chi connectivity index (χ2v) is 8.11. The molecule has 0 atom stereocenters. The van der Waals surface area contributed by atoms with Gasteiger partial charge in [0.1, 0.15) is 0 Å². The molecule has 0 bridgehead atoms. The van der Waals surface area contributed by atoms with Crippen LogP contribution in [-0.4, -0.2) is 28.0 Å². The van der Waals surface area contributed by atoms with Crippen molar-refractivity contribution in [3.05, 3.63) is 53.4 Å². The molecule has 1 saturated heterocycles. The number of nitrogens with zero attached hydrogens (tertiary/aromatic N) is 3. The van der Waals surface area contributed by atoms with Crippen molar-refractivity contribution in [2.24, 2.45) is 0 Å². The number of aryl methyl sites for hydroxylation is 1. The summed E-state index contributed by atoms with van der Waals surface area (Å²) >= 11 is 0. The van der Waals surface area contributed by atoms with Gasteiger partial charge in [0.2, 0.25) is 5.95 Å². The van der Waals surface area contributed by atoms with Gasteiger partial charge >= 0.3 is 6.18 Å². The summed E-state index contributed by atoms with van der Waals surface area (Å²) in [5, 5.41) is 3.14. The fourth-order valence-electron chi connectivity index (χ4n) is 4.00. The highest BCUT2D eigenvalue weighted by Crippen LogP contribution is 2.45. The third kappa shape index (κ3) is 4.45. The molecule has 160 valence electrons. The number of alkyl halides is 3. The summed E-state index contributed by atoms with van der Waals surface area (Å²) in [7, 11) is 0. The Bertz CT molecular complexity index is 929. The number of likely N-dealkylation sites (tertiary alicyclic amines) is 1. The molecule has 0 spiro atoms. The highest BCUT2D eigenvalue weighted by molar-refractivity contribution is 5.68. The molecule has 30 heavy (non-hydrogen) atoms. The number of rotatable bonds is 6. The first kappa shape index (κ1) is 20.7. The molecule has 1 aromatic heterocycles. The zero-order valence-corrected chi connectivity index (χ0v) is 17.2. The van der Waals surface area contributed by atoms with Gasteiger partial charge in [-0.05, 0) is 61.8 Å². The monoisotopic (exact) mass is 416 g/mol. The van der Waals surface area contributed by atoms with Crippen molar-refractivity contribution in [2.45, 2.75) is 57.5 Å². The van der Waals surface area contributed by atoms with Gasteiger partial charge in [-0.25, -0.2) is 9.97 Å². The van der Waals surface area contributed by atoms with E-state index in [1.807, 2.05) is 12.1 Å². The Labute approximate surface area is 175 Å². The molecule has 0 radical (unpaired) electrons. The van der Waals surface area contributed by atoms with Crippen molar-refractivity contribution in [1.82, 2.24) is 14.9 Å². The molecule has 1 aromatic carbocycles. The first-order valence-electron chi connectivity index (χ1n) is 10.6. The van der Waals surface area contributed by atoms with Gasteiger partial charge in [0, 0.05) is 36.6 Å². The lowest BCUT2D eigenvalue weighted by Gasteiger charge is -2.31. The molecule has 0 amide bonds. The lowest BCUT2D eigenvalue weighted by Crippen LogP contribution is -2.27. The summed E-state index contributed by atoms with van der Waals surface area (Å²) in [5.41, 5.74) is 3.35. The van der Waals surface area contributed by atoms with Crippen LogP contribution in [0.25, 0.3) is 5.70 Å². The molecule has 0 unspecified atom stereocenters. The number of hydrogen-bond acceptors (Lipinski definition) is 4. The fourth-order valence-corrected chi connectivity index (χ4v) is 4.00. The van der Waals surface area contributed by atoms with Crippen molar-refractivity contribution in [1.29, 1.82) is 0 Å². The first-order chi connectivity index (χ1) is 14.4. The zero-order valence-electron chi connectivity index (χ0n) is 17.2. The Morgan fingerprint density at radius 1 is 1.20 bits per heavy atom. The molecular formula is C23H27F3N4. The van der Waals surface area contributed by atoms with E-state index in [1.165, 1.54) is 19.3 Å². The maximum Gasteiger partial charge on any atom is 0.419 e. The smallest absolute Gasteiger partial charge is 0.372 e. The Balaban J connectivity index is 1.57. The fraction of sp³-hybridized carbons (Fsp3) is 0.478. The summed E-state index contributed by atoms with van der Waals surface area (Å²) in [6, 6.07) is 6.05. The minimum Gasteiger partial charge on any atom is -0.372 e. The van der Waals surface area contributed by atoms with Crippen LogP contribution in [-0.2, 0) is 12.6 Å². The van der Waals surface area contributed by atoms with Crippen LogP contribution in [0, 0.1) is 0 Å². The Morgan fingerprint density at radius 3 is 2.57 bits per heavy atom. The maximum atomic E-state index is 13.3. The van der Waals surface area contributed by atoms with E-state index in [2.05, 4.69) is 39.8 Å². The topological polar surface area (TPSA) is 41.1 Å². The number of anilines is 2. The molecule has 1 N–H and O–H groups in total. The third-order valence-corrected chi connectivity index (χ3v) is 5.89. The van der Waals surface area contributed by atoms with E-state index in [0.29, 0.717) is 0 Å². The molecule has 7 heteroatoms. The lowest BCUT2D eigenvalue weighted by atomic mass is 10.0. The molecule has 2 aliphatic rings. The number of aromatic nitrogens is 2. The molecule has 4 nitrogen and oxygen atoms in total. The van der Waals surface area contributed by atoms with Gasteiger partial charge in [-0.3, -0.25) is 0 Å². The third-order valence-electron chi connectivity index (χ3n) is 5.89. The van der Waals surface area contributed by atoms with E-state index < -0.39 is 11.7 Å². The van der Waals surface area contributed by atoms with Gasteiger partial charge < -0.3 is 10.2 Å². The van der Waals surface area contributed by atoms with E-state index in [-0.39, 0.29) is 17.6 Å². The molecule has 1 saturated carbocycles. The normalized spacial score (nSPS) is 17.1. The minimum atomic E-state index is -4.43. The van der Waals surface area contributed by atoms with Crippen LogP contribution in [0.4, 0.5) is 24.8 Å². The quantitative estimate of drug-likeness (QED) is 0.615. The van der Waals surface area contributed by atoms with Crippen LogP contribution >= 0.6 is 0 Å². The van der Waals surface area contributed by atoms with Gasteiger partial charge in [0.05, 0.1) is 11.3 Å². The van der Waals surface area contributed by atoms with E-state index in [1.54, 1.807) is 0 Å². The summed E-state index contributed by atoms with van der Waals surface area (Å²) in [6.07, 6.45) is 2.38. The second kappa shape index (κ2) is 8.28. The Hall–Kier alpha value is -2.57. The second-order valence-electron chi connectivity index (χ2n) is 8.11. The van der Waals surface area contributed by atoms with E-state index in [9.17, 15) is 13.2 Å². The van der Waals surface area contributed by atoms with Crippen LogP contribution in [0.15, 0.2) is 31.0 Å². The standard InChI is InChI=1S/C23H27F3N4/c1-3-16-13-18(15(2)30-11-5-4-6-12-30)9-10-20(16)28-22-27-14-19(23(24,25)26)21(29-22)17-7-8-17/h9-10,13-14,17H,2-8,11-12H2,1H3,(H,27,28,29). The van der Waals surface area contributed by atoms with Crippen LogP contribution in [0.5, 0.6) is 0 Å². The number of nitrogens with one attached hydrogen (secondary N) is 1. The van der Waals surface area contributed by atoms with Crippen LogP contribution < -0.4 is 5.32 Å². The predicted octanol–water partition coefficient (Wildman–Crippen LogP) is 6.14. The van der Waals surface area contributed by atoms with Crippen molar-refractivity contribution in [2.75, 3.05) is 18.4 Å².